The van der Waals surface area contributed by atoms with Gasteiger partial charge >= 0.3 is 0 Å². The van der Waals surface area contributed by atoms with Crippen molar-refractivity contribution in [1.29, 1.82) is 0 Å². The first-order valence-electron chi connectivity index (χ1n) is 7.05. The molecule has 0 aliphatic carbocycles. The Morgan fingerprint density at radius 3 is 2.61 bits per heavy atom. The summed E-state index contributed by atoms with van der Waals surface area (Å²) < 4.78 is 28.9. The molecule has 1 aromatic carbocycles. The number of halogens is 1. The zero-order valence-corrected chi connectivity index (χ0v) is 14.2. The Labute approximate surface area is 139 Å². The quantitative estimate of drug-likeness (QED) is 0.821. The lowest BCUT2D eigenvalue weighted by Gasteiger charge is -2.06. The van der Waals surface area contributed by atoms with Gasteiger partial charge in [0.15, 0.2) is 9.84 Å². The van der Waals surface area contributed by atoms with Gasteiger partial charge in [0.25, 0.3) is 0 Å². The van der Waals surface area contributed by atoms with E-state index in [0.717, 1.165) is 0 Å². The lowest BCUT2D eigenvalue weighted by atomic mass is 10.1. The van der Waals surface area contributed by atoms with Crippen molar-refractivity contribution in [2.24, 2.45) is 0 Å². The zero-order valence-electron chi connectivity index (χ0n) is 12.6. The molecule has 1 amide bonds. The standard InChI is InChI=1S/C15H17ClN2O4S/c1-11-13(15(16)22-18-11)7-8-14(19)17-9-10-23(20,21)12-5-3-2-4-6-12/h2-6H,7-10H2,1H3,(H,17,19). The SMILES string of the molecule is Cc1noc(Cl)c1CCC(=O)NCCS(=O)(=O)c1ccccc1. The molecule has 0 aliphatic heterocycles. The van der Waals surface area contributed by atoms with E-state index in [1.807, 2.05) is 0 Å². The van der Waals surface area contributed by atoms with E-state index in [2.05, 4.69) is 10.5 Å². The summed E-state index contributed by atoms with van der Waals surface area (Å²) in [5.41, 5.74) is 1.34. The molecule has 23 heavy (non-hydrogen) atoms. The minimum Gasteiger partial charge on any atom is -0.355 e. The van der Waals surface area contributed by atoms with Gasteiger partial charge in [0.1, 0.15) is 0 Å². The Balaban J connectivity index is 1.79. The number of sulfone groups is 1. The summed E-state index contributed by atoms with van der Waals surface area (Å²) in [6.45, 7) is 1.81. The highest BCUT2D eigenvalue weighted by Gasteiger charge is 2.15. The molecule has 0 saturated heterocycles. The number of benzene rings is 1. The van der Waals surface area contributed by atoms with Gasteiger partial charge in [-0.3, -0.25) is 4.79 Å². The van der Waals surface area contributed by atoms with E-state index in [-0.39, 0.29) is 34.7 Å². The molecule has 0 aliphatic rings. The van der Waals surface area contributed by atoms with Crippen molar-refractivity contribution in [3.63, 3.8) is 0 Å². The third kappa shape index (κ3) is 4.80. The Hall–Kier alpha value is -1.86. The average molecular weight is 357 g/mol. The fraction of sp³-hybridized carbons (Fsp3) is 0.333. The lowest BCUT2D eigenvalue weighted by Crippen LogP contribution is -2.29. The van der Waals surface area contributed by atoms with Crippen LogP contribution in [0.2, 0.25) is 5.22 Å². The molecular formula is C15H17ClN2O4S. The van der Waals surface area contributed by atoms with Gasteiger partial charge < -0.3 is 9.84 Å². The fourth-order valence-corrected chi connectivity index (χ4v) is 3.48. The number of hydrogen-bond acceptors (Lipinski definition) is 5. The van der Waals surface area contributed by atoms with Crippen LogP contribution >= 0.6 is 11.6 Å². The number of aryl methyl sites for hydroxylation is 1. The van der Waals surface area contributed by atoms with E-state index < -0.39 is 9.84 Å². The Kier molecular flexibility index (Phi) is 5.79. The Bertz CT molecular complexity index is 753. The van der Waals surface area contributed by atoms with E-state index in [0.29, 0.717) is 17.7 Å². The summed E-state index contributed by atoms with van der Waals surface area (Å²) in [4.78, 5) is 12.0. The summed E-state index contributed by atoms with van der Waals surface area (Å²) >= 11 is 5.82. The van der Waals surface area contributed by atoms with Crippen molar-refractivity contribution >= 4 is 27.3 Å². The number of carbonyl (C=O) groups is 1. The molecular weight excluding hydrogens is 340 g/mol. The maximum Gasteiger partial charge on any atom is 0.229 e. The normalized spacial score (nSPS) is 11.4. The van der Waals surface area contributed by atoms with Gasteiger partial charge in [0, 0.05) is 18.5 Å². The summed E-state index contributed by atoms with van der Waals surface area (Å²) in [7, 11) is -3.39. The molecule has 2 aromatic rings. The van der Waals surface area contributed by atoms with Gasteiger partial charge in [-0.15, -0.1) is 0 Å². The number of rotatable bonds is 7. The molecule has 6 nitrogen and oxygen atoms in total. The van der Waals surface area contributed by atoms with Gasteiger partial charge in [-0.2, -0.15) is 0 Å². The van der Waals surface area contributed by atoms with Gasteiger partial charge in [0.05, 0.1) is 16.3 Å². The van der Waals surface area contributed by atoms with Crippen molar-refractivity contribution < 1.29 is 17.7 Å². The van der Waals surface area contributed by atoms with Crippen LogP contribution in [0.1, 0.15) is 17.7 Å². The van der Waals surface area contributed by atoms with Crippen molar-refractivity contribution in [1.82, 2.24) is 10.5 Å². The van der Waals surface area contributed by atoms with Crippen LogP contribution in [0.5, 0.6) is 0 Å². The van der Waals surface area contributed by atoms with Crippen molar-refractivity contribution in [2.75, 3.05) is 12.3 Å². The number of aromatic nitrogens is 1. The second kappa shape index (κ2) is 7.61. The molecule has 1 aromatic heterocycles. The average Bonchev–Trinajstić information content (AvgIpc) is 2.84. The number of carbonyl (C=O) groups excluding carboxylic acids is 1. The van der Waals surface area contributed by atoms with Crippen LogP contribution in [-0.4, -0.2) is 31.8 Å². The predicted molar refractivity (Wildman–Crippen MR) is 86.1 cm³/mol. The number of amides is 1. The number of nitrogens with one attached hydrogen (secondary N) is 1. The molecule has 0 spiro atoms. The molecule has 0 fully saturated rings. The van der Waals surface area contributed by atoms with Crippen LogP contribution in [-0.2, 0) is 21.1 Å². The summed E-state index contributed by atoms with van der Waals surface area (Å²) in [6.07, 6.45) is 0.582. The maximum absolute atomic E-state index is 12.1. The van der Waals surface area contributed by atoms with E-state index in [1.165, 1.54) is 12.1 Å². The predicted octanol–water partition coefficient (Wildman–Crippen LogP) is 2.16. The first-order valence-corrected chi connectivity index (χ1v) is 9.08. The maximum atomic E-state index is 12.1. The largest absolute Gasteiger partial charge is 0.355 e. The molecule has 1 heterocycles. The van der Waals surface area contributed by atoms with Crippen molar-refractivity contribution in [3.8, 4) is 0 Å². The van der Waals surface area contributed by atoms with Crippen molar-refractivity contribution in [2.45, 2.75) is 24.7 Å². The third-order valence-corrected chi connectivity index (χ3v) is 5.36. The number of nitrogens with zero attached hydrogens (tertiary/aromatic N) is 1. The van der Waals surface area contributed by atoms with Gasteiger partial charge in [-0.25, -0.2) is 8.42 Å². The topological polar surface area (TPSA) is 89.3 Å². The first kappa shape index (κ1) is 17.5. The molecule has 0 radical (unpaired) electrons. The number of hydrogen-bond donors (Lipinski definition) is 1. The van der Waals surface area contributed by atoms with Crippen LogP contribution in [0.3, 0.4) is 0 Å². The summed E-state index contributed by atoms with van der Waals surface area (Å²) in [5, 5.41) is 6.48. The molecule has 0 bridgehead atoms. The highest BCUT2D eigenvalue weighted by Crippen LogP contribution is 2.20. The highest BCUT2D eigenvalue weighted by atomic mass is 35.5. The monoisotopic (exact) mass is 356 g/mol. The summed E-state index contributed by atoms with van der Waals surface area (Å²) in [5.74, 6) is -0.388. The molecule has 2 rings (SSSR count). The second-order valence-electron chi connectivity index (χ2n) is 5.00. The van der Waals surface area contributed by atoms with Crippen LogP contribution < -0.4 is 5.32 Å². The van der Waals surface area contributed by atoms with Crippen LogP contribution in [0.15, 0.2) is 39.8 Å². The molecule has 124 valence electrons. The van der Waals surface area contributed by atoms with E-state index >= 15 is 0 Å². The molecule has 0 unspecified atom stereocenters. The van der Waals surface area contributed by atoms with Crippen LogP contribution in [0.4, 0.5) is 0 Å². The van der Waals surface area contributed by atoms with E-state index in [9.17, 15) is 13.2 Å². The van der Waals surface area contributed by atoms with Crippen LogP contribution in [0.25, 0.3) is 0 Å². The second-order valence-corrected chi connectivity index (χ2v) is 7.45. The van der Waals surface area contributed by atoms with E-state index in [1.54, 1.807) is 25.1 Å². The summed E-state index contributed by atoms with van der Waals surface area (Å²) in [6, 6.07) is 8.15. The lowest BCUT2D eigenvalue weighted by molar-refractivity contribution is -0.120. The molecule has 8 heteroatoms. The first-order chi connectivity index (χ1) is 10.9. The van der Waals surface area contributed by atoms with Gasteiger partial charge in [0.2, 0.25) is 11.1 Å². The third-order valence-electron chi connectivity index (χ3n) is 3.33. The zero-order chi connectivity index (χ0) is 16.9. The van der Waals surface area contributed by atoms with Gasteiger partial charge in [-0.1, -0.05) is 23.4 Å². The Morgan fingerprint density at radius 1 is 1.30 bits per heavy atom. The minimum absolute atomic E-state index is 0.0619. The fourth-order valence-electron chi connectivity index (χ4n) is 2.04. The van der Waals surface area contributed by atoms with E-state index in [4.69, 9.17) is 16.1 Å². The minimum atomic E-state index is -3.39. The highest BCUT2D eigenvalue weighted by molar-refractivity contribution is 7.91. The molecule has 0 saturated carbocycles. The Morgan fingerprint density at radius 2 is 2.00 bits per heavy atom. The van der Waals surface area contributed by atoms with Crippen LogP contribution in [0, 0.1) is 6.92 Å². The van der Waals surface area contributed by atoms with Crippen molar-refractivity contribution in [3.05, 3.63) is 46.8 Å². The van der Waals surface area contributed by atoms with Gasteiger partial charge in [-0.05, 0) is 37.1 Å². The molecule has 1 N–H and O–H groups in total. The molecule has 0 atom stereocenters. The smallest absolute Gasteiger partial charge is 0.229 e.